The zero-order valence-electron chi connectivity index (χ0n) is 7.83. The molecule has 3 heteroatoms. The quantitative estimate of drug-likeness (QED) is 0.452. The number of nitrogen functional groups attached to an aromatic ring is 1. The number of aryl methyl sites for hydroxylation is 1. The van der Waals surface area contributed by atoms with E-state index >= 15 is 0 Å². The lowest BCUT2D eigenvalue weighted by molar-refractivity contribution is 0.477. The molecule has 0 radical (unpaired) electrons. The molecule has 70 valence electrons. The van der Waals surface area contributed by atoms with Gasteiger partial charge in [-0.15, -0.1) is 0 Å². The average molecular weight is 178 g/mol. The van der Waals surface area contributed by atoms with Crippen LogP contribution in [0.3, 0.4) is 0 Å². The van der Waals surface area contributed by atoms with Crippen LogP contribution in [0.4, 0.5) is 5.69 Å². The number of nitrogens with two attached hydrogens (primary N) is 2. The molecule has 0 fully saturated rings. The summed E-state index contributed by atoms with van der Waals surface area (Å²) in [5.41, 5.74) is 13.9. The van der Waals surface area contributed by atoms with Crippen molar-refractivity contribution in [2.24, 2.45) is 5.73 Å². The van der Waals surface area contributed by atoms with Crippen LogP contribution >= 0.6 is 0 Å². The summed E-state index contributed by atoms with van der Waals surface area (Å²) in [5, 5.41) is 9.40. The van der Waals surface area contributed by atoms with Gasteiger partial charge in [-0.25, -0.2) is 0 Å². The van der Waals surface area contributed by atoms with E-state index in [9.17, 15) is 5.11 Å². The highest BCUT2D eigenvalue weighted by molar-refractivity contribution is 5.71. The lowest BCUT2D eigenvalue weighted by Gasteiger charge is -2.05. The van der Waals surface area contributed by atoms with Gasteiger partial charge in [0.05, 0.1) is 5.69 Å². The van der Waals surface area contributed by atoms with Crippen molar-refractivity contribution < 1.29 is 5.11 Å². The van der Waals surface area contributed by atoms with Crippen molar-refractivity contribution in [1.29, 1.82) is 0 Å². The average Bonchev–Trinajstić information content (AvgIpc) is 1.98. The van der Waals surface area contributed by atoms with Gasteiger partial charge in [-0.05, 0) is 37.6 Å². The largest absolute Gasteiger partial charge is 0.506 e. The molecule has 5 N–H and O–H groups in total. The Bertz CT molecular complexity index is 352. The fraction of sp³-hybridized carbons (Fsp3) is 0.200. The van der Waals surface area contributed by atoms with Gasteiger partial charge >= 0.3 is 0 Å². The molecule has 0 saturated heterocycles. The molecule has 0 heterocycles. The molecule has 3 nitrogen and oxygen atoms in total. The second-order valence-electron chi connectivity index (χ2n) is 3.18. The van der Waals surface area contributed by atoms with Gasteiger partial charge in [0.15, 0.2) is 0 Å². The van der Waals surface area contributed by atoms with Crippen LogP contribution < -0.4 is 11.5 Å². The minimum absolute atomic E-state index is 0.104. The third-order valence-corrected chi connectivity index (χ3v) is 1.72. The number of anilines is 1. The van der Waals surface area contributed by atoms with Crippen LogP contribution in [-0.2, 0) is 0 Å². The maximum Gasteiger partial charge on any atom is 0.139 e. The molecule has 0 amide bonds. The van der Waals surface area contributed by atoms with Crippen LogP contribution in [0.5, 0.6) is 5.75 Å². The van der Waals surface area contributed by atoms with E-state index in [-0.39, 0.29) is 5.75 Å². The number of benzene rings is 1. The number of phenols is 1. The Morgan fingerprint density at radius 3 is 2.62 bits per heavy atom. The van der Waals surface area contributed by atoms with E-state index < -0.39 is 0 Å². The second kappa shape index (κ2) is 3.39. The molecule has 1 aromatic carbocycles. The van der Waals surface area contributed by atoms with Gasteiger partial charge in [-0.2, -0.15) is 0 Å². The standard InChI is InChI=1S/C10H14N2O/c1-6-3-8(5-7(2)11)10(12)9(13)4-6/h3-5,13H,11-12H2,1-2H3/b7-5-. The summed E-state index contributed by atoms with van der Waals surface area (Å²) < 4.78 is 0. The predicted molar refractivity (Wildman–Crippen MR) is 55.1 cm³/mol. The van der Waals surface area contributed by atoms with Crippen molar-refractivity contribution in [3.63, 3.8) is 0 Å². The Morgan fingerprint density at radius 1 is 1.46 bits per heavy atom. The summed E-state index contributed by atoms with van der Waals surface area (Å²) in [4.78, 5) is 0. The highest BCUT2D eigenvalue weighted by Crippen LogP contribution is 2.27. The molecule has 0 aliphatic rings. The number of aromatic hydroxyl groups is 1. The molecule has 13 heavy (non-hydrogen) atoms. The second-order valence-corrected chi connectivity index (χ2v) is 3.18. The summed E-state index contributed by atoms with van der Waals surface area (Å²) >= 11 is 0. The van der Waals surface area contributed by atoms with Gasteiger partial charge in [-0.1, -0.05) is 0 Å². The molecule has 0 aliphatic heterocycles. The Morgan fingerprint density at radius 2 is 2.08 bits per heavy atom. The first-order valence-corrected chi connectivity index (χ1v) is 4.03. The number of allylic oxidation sites excluding steroid dienone is 1. The summed E-state index contributed by atoms with van der Waals surface area (Å²) in [6.45, 7) is 3.67. The van der Waals surface area contributed by atoms with E-state index in [1.807, 2.05) is 13.0 Å². The highest BCUT2D eigenvalue weighted by Gasteiger charge is 2.02. The molecular weight excluding hydrogens is 164 g/mol. The van der Waals surface area contributed by atoms with Crippen molar-refractivity contribution in [3.8, 4) is 5.75 Å². The Kier molecular flexibility index (Phi) is 2.46. The zero-order chi connectivity index (χ0) is 10.0. The first-order valence-electron chi connectivity index (χ1n) is 4.03. The number of hydrogen-bond acceptors (Lipinski definition) is 3. The molecule has 1 rings (SSSR count). The van der Waals surface area contributed by atoms with Crippen molar-refractivity contribution >= 4 is 11.8 Å². The van der Waals surface area contributed by atoms with Gasteiger partial charge in [-0.3, -0.25) is 0 Å². The SMILES string of the molecule is C/C(N)=C/c1cc(C)cc(O)c1N. The number of rotatable bonds is 1. The van der Waals surface area contributed by atoms with Gasteiger partial charge in [0.1, 0.15) is 5.75 Å². The minimum atomic E-state index is 0.104. The maximum atomic E-state index is 9.40. The van der Waals surface area contributed by atoms with Crippen LogP contribution in [-0.4, -0.2) is 5.11 Å². The van der Waals surface area contributed by atoms with Gasteiger partial charge in [0.2, 0.25) is 0 Å². The summed E-state index contributed by atoms with van der Waals surface area (Å²) in [6.07, 6.45) is 1.74. The third-order valence-electron chi connectivity index (χ3n) is 1.72. The first kappa shape index (κ1) is 9.45. The van der Waals surface area contributed by atoms with Gasteiger partial charge in [0, 0.05) is 11.3 Å². The molecular formula is C10H14N2O. The van der Waals surface area contributed by atoms with E-state index in [0.29, 0.717) is 11.4 Å². The summed E-state index contributed by atoms with van der Waals surface area (Å²) in [5.74, 6) is 0.104. The molecule has 1 aromatic rings. The highest BCUT2D eigenvalue weighted by atomic mass is 16.3. The molecule has 0 aliphatic carbocycles. The van der Waals surface area contributed by atoms with Crippen LogP contribution in [0.2, 0.25) is 0 Å². The Hall–Kier alpha value is -1.64. The molecule has 0 unspecified atom stereocenters. The fourth-order valence-electron chi connectivity index (χ4n) is 1.17. The number of hydrogen-bond donors (Lipinski definition) is 3. The first-order chi connectivity index (χ1) is 6.00. The normalized spacial score (nSPS) is 11.7. The summed E-state index contributed by atoms with van der Waals surface area (Å²) in [6, 6.07) is 3.50. The minimum Gasteiger partial charge on any atom is -0.506 e. The van der Waals surface area contributed by atoms with Crippen molar-refractivity contribution in [1.82, 2.24) is 0 Å². The molecule has 0 spiro atoms. The van der Waals surface area contributed by atoms with Crippen LogP contribution in [0.1, 0.15) is 18.1 Å². The fourth-order valence-corrected chi connectivity index (χ4v) is 1.17. The molecule has 0 aromatic heterocycles. The van der Waals surface area contributed by atoms with Crippen molar-refractivity contribution in [2.75, 3.05) is 5.73 Å². The molecule has 0 saturated carbocycles. The van der Waals surface area contributed by atoms with Crippen molar-refractivity contribution in [3.05, 3.63) is 29.0 Å². The van der Waals surface area contributed by atoms with Crippen LogP contribution in [0.25, 0.3) is 6.08 Å². The topological polar surface area (TPSA) is 72.3 Å². The Balaban J connectivity index is 3.28. The Labute approximate surface area is 77.7 Å². The lowest BCUT2D eigenvalue weighted by atomic mass is 10.1. The maximum absolute atomic E-state index is 9.40. The van der Waals surface area contributed by atoms with Crippen LogP contribution in [0.15, 0.2) is 17.8 Å². The zero-order valence-corrected chi connectivity index (χ0v) is 7.83. The van der Waals surface area contributed by atoms with Crippen molar-refractivity contribution in [2.45, 2.75) is 13.8 Å². The van der Waals surface area contributed by atoms with E-state index in [4.69, 9.17) is 11.5 Å². The summed E-state index contributed by atoms with van der Waals surface area (Å²) in [7, 11) is 0. The van der Waals surface area contributed by atoms with Crippen LogP contribution in [0, 0.1) is 6.92 Å². The van der Waals surface area contributed by atoms with E-state index in [1.54, 1.807) is 19.1 Å². The van der Waals surface area contributed by atoms with E-state index in [2.05, 4.69) is 0 Å². The predicted octanol–water partition coefficient (Wildman–Crippen LogP) is 1.60. The monoisotopic (exact) mass is 178 g/mol. The van der Waals surface area contributed by atoms with Gasteiger partial charge < -0.3 is 16.6 Å². The smallest absolute Gasteiger partial charge is 0.139 e. The van der Waals surface area contributed by atoms with Gasteiger partial charge in [0.25, 0.3) is 0 Å². The molecule has 0 bridgehead atoms. The third kappa shape index (κ3) is 2.15. The number of phenolic OH excluding ortho intramolecular Hbond substituents is 1. The van der Waals surface area contributed by atoms with E-state index in [1.165, 1.54) is 0 Å². The lowest BCUT2D eigenvalue weighted by Crippen LogP contribution is -1.95. The molecule has 0 atom stereocenters. The van der Waals surface area contributed by atoms with E-state index in [0.717, 1.165) is 11.1 Å².